The summed E-state index contributed by atoms with van der Waals surface area (Å²) in [6.45, 7) is 3.85. The van der Waals surface area contributed by atoms with Gasteiger partial charge >= 0.3 is 6.18 Å². The quantitative estimate of drug-likeness (QED) is 0.638. The third kappa shape index (κ3) is 3.96. The molecule has 1 amide bonds. The number of fused-ring (bicyclic) bond motifs is 1. The number of halogens is 3. The van der Waals surface area contributed by atoms with E-state index in [1.54, 1.807) is 6.92 Å². The lowest BCUT2D eigenvalue weighted by Gasteiger charge is -2.18. The summed E-state index contributed by atoms with van der Waals surface area (Å²) in [6.07, 6.45) is 1.85. The molecule has 0 unspecified atom stereocenters. The number of thiazole rings is 1. The van der Waals surface area contributed by atoms with Crippen LogP contribution in [0.3, 0.4) is 0 Å². The van der Waals surface area contributed by atoms with Crippen LogP contribution in [0.1, 0.15) is 52.0 Å². The van der Waals surface area contributed by atoms with Gasteiger partial charge in [0.1, 0.15) is 0 Å². The van der Waals surface area contributed by atoms with E-state index in [0.29, 0.717) is 22.3 Å². The highest BCUT2D eigenvalue weighted by molar-refractivity contribution is 7.15. The fourth-order valence-electron chi connectivity index (χ4n) is 3.55. The summed E-state index contributed by atoms with van der Waals surface area (Å²) in [7, 11) is 0. The van der Waals surface area contributed by atoms with Crippen LogP contribution in [-0.4, -0.2) is 25.7 Å². The molecule has 1 aliphatic rings. The molecule has 0 aromatic carbocycles. The van der Waals surface area contributed by atoms with Crippen LogP contribution >= 0.6 is 11.3 Å². The molecule has 3 aromatic rings. The Bertz CT molecular complexity index is 1070. The lowest BCUT2D eigenvalue weighted by atomic mass is 9.89. The Kier molecular flexibility index (Phi) is 5.35. The molecule has 1 atom stereocenters. The van der Waals surface area contributed by atoms with Gasteiger partial charge in [0.15, 0.2) is 10.9 Å². The summed E-state index contributed by atoms with van der Waals surface area (Å²) >= 11 is 1.50. The Morgan fingerprint density at radius 2 is 2.13 bits per heavy atom. The first-order valence-corrected chi connectivity index (χ1v) is 10.5. The number of carbonyl (C=O) groups is 1. The van der Waals surface area contributed by atoms with Crippen molar-refractivity contribution in [3.05, 3.63) is 51.9 Å². The van der Waals surface area contributed by atoms with E-state index in [2.05, 4.69) is 27.3 Å². The molecule has 6 nitrogen and oxygen atoms in total. The van der Waals surface area contributed by atoms with E-state index in [9.17, 15) is 18.0 Å². The van der Waals surface area contributed by atoms with E-state index in [0.717, 1.165) is 43.6 Å². The van der Waals surface area contributed by atoms with E-state index >= 15 is 0 Å². The van der Waals surface area contributed by atoms with Gasteiger partial charge in [0, 0.05) is 11.1 Å². The number of carbonyl (C=O) groups excluding carboxylic acids is 1. The molecule has 0 bridgehead atoms. The van der Waals surface area contributed by atoms with E-state index in [1.807, 2.05) is 0 Å². The molecular weight excluding hydrogens is 415 g/mol. The second kappa shape index (κ2) is 7.82. The molecule has 0 saturated carbocycles. The molecule has 3 aromatic heterocycles. The van der Waals surface area contributed by atoms with E-state index < -0.39 is 11.7 Å². The van der Waals surface area contributed by atoms with E-state index in [-0.39, 0.29) is 11.7 Å². The number of aromatic nitrogens is 4. The van der Waals surface area contributed by atoms with Crippen LogP contribution in [0.2, 0.25) is 0 Å². The van der Waals surface area contributed by atoms with Crippen molar-refractivity contribution < 1.29 is 18.0 Å². The van der Waals surface area contributed by atoms with Gasteiger partial charge in [-0.3, -0.25) is 10.1 Å². The zero-order valence-corrected chi connectivity index (χ0v) is 17.3. The predicted octanol–water partition coefficient (Wildman–Crippen LogP) is 4.82. The highest BCUT2D eigenvalue weighted by Gasteiger charge is 2.31. The number of aryl methyl sites for hydroxylation is 1. The smallest absolute Gasteiger partial charge is 0.298 e. The maximum atomic E-state index is 12.7. The van der Waals surface area contributed by atoms with Crippen molar-refractivity contribution in [3.8, 4) is 5.82 Å². The van der Waals surface area contributed by atoms with Crippen molar-refractivity contribution in [2.45, 2.75) is 45.7 Å². The van der Waals surface area contributed by atoms with Crippen molar-refractivity contribution in [1.29, 1.82) is 0 Å². The average molecular weight is 435 g/mol. The number of rotatable bonds is 4. The van der Waals surface area contributed by atoms with Crippen LogP contribution < -0.4 is 5.32 Å². The monoisotopic (exact) mass is 435 g/mol. The Morgan fingerprint density at radius 3 is 2.80 bits per heavy atom. The van der Waals surface area contributed by atoms with E-state index in [4.69, 9.17) is 0 Å². The van der Waals surface area contributed by atoms with Gasteiger partial charge in [-0.1, -0.05) is 13.3 Å². The minimum absolute atomic E-state index is 0.204. The number of hydrogen-bond donors (Lipinski definition) is 1. The molecule has 30 heavy (non-hydrogen) atoms. The molecule has 0 spiro atoms. The lowest BCUT2D eigenvalue weighted by molar-refractivity contribution is -0.137. The fourth-order valence-corrected chi connectivity index (χ4v) is 4.67. The molecule has 4 rings (SSSR count). The van der Waals surface area contributed by atoms with E-state index in [1.165, 1.54) is 33.2 Å². The standard InChI is InChI=1S/C20H20F3N5OS/c1-3-12-4-6-15-16(8-12)30-19(26-15)27-18(29)14-10-25-28(11(14)2)17-7-5-13(9-24-17)20(21,22)23/h5,7,9-10,12H,3-4,6,8H2,1-2H3,(H,26,27,29)/t12-/m0/s1. The van der Waals surface area contributed by atoms with Crippen LogP contribution in [0.15, 0.2) is 24.5 Å². The second-order valence-electron chi connectivity index (χ2n) is 7.32. The molecule has 3 heterocycles. The zero-order chi connectivity index (χ0) is 21.5. The molecule has 1 N–H and O–H groups in total. The van der Waals surface area contributed by atoms with Gasteiger partial charge in [-0.05, 0) is 44.2 Å². The topological polar surface area (TPSA) is 72.7 Å². The summed E-state index contributed by atoms with van der Waals surface area (Å²) in [6, 6.07) is 2.16. The molecule has 0 radical (unpaired) electrons. The number of hydrogen-bond acceptors (Lipinski definition) is 5. The van der Waals surface area contributed by atoms with Gasteiger partial charge in [0.05, 0.1) is 28.7 Å². The van der Waals surface area contributed by atoms with Gasteiger partial charge in [-0.25, -0.2) is 14.6 Å². The molecule has 0 fully saturated rings. The third-order valence-electron chi connectivity index (χ3n) is 5.39. The van der Waals surface area contributed by atoms with Crippen molar-refractivity contribution in [2.24, 2.45) is 5.92 Å². The lowest BCUT2D eigenvalue weighted by Crippen LogP contribution is -2.13. The molecule has 158 valence electrons. The summed E-state index contributed by atoms with van der Waals surface area (Å²) in [5, 5.41) is 7.51. The fraction of sp³-hybridized carbons (Fsp3) is 0.400. The summed E-state index contributed by atoms with van der Waals surface area (Å²) in [5.74, 6) is 0.511. The van der Waals surface area contributed by atoms with Gasteiger partial charge in [0.25, 0.3) is 5.91 Å². The number of alkyl halides is 3. The first kappa shape index (κ1) is 20.5. The largest absolute Gasteiger partial charge is 0.417 e. The van der Waals surface area contributed by atoms with Crippen LogP contribution in [-0.2, 0) is 19.0 Å². The van der Waals surface area contributed by atoms with Crippen LogP contribution in [0, 0.1) is 12.8 Å². The Balaban J connectivity index is 1.51. The first-order chi connectivity index (χ1) is 14.3. The predicted molar refractivity (Wildman–Crippen MR) is 107 cm³/mol. The number of nitrogens with zero attached hydrogens (tertiary/aromatic N) is 4. The van der Waals surface area contributed by atoms with Gasteiger partial charge in [0.2, 0.25) is 0 Å². The Hall–Kier alpha value is -2.75. The maximum Gasteiger partial charge on any atom is 0.417 e. The summed E-state index contributed by atoms with van der Waals surface area (Å²) < 4.78 is 39.5. The van der Waals surface area contributed by atoms with Crippen LogP contribution in [0.5, 0.6) is 0 Å². The van der Waals surface area contributed by atoms with Crippen molar-refractivity contribution in [1.82, 2.24) is 19.7 Å². The first-order valence-electron chi connectivity index (χ1n) is 9.64. The van der Waals surface area contributed by atoms with Crippen molar-refractivity contribution in [2.75, 3.05) is 5.32 Å². The van der Waals surface area contributed by atoms with Gasteiger partial charge in [-0.2, -0.15) is 18.3 Å². The van der Waals surface area contributed by atoms with Crippen molar-refractivity contribution >= 4 is 22.4 Å². The SMILES string of the molecule is CC[C@H]1CCc2nc(NC(=O)c3cnn(-c4ccc(C(F)(F)F)cn4)c3C)sc2C1. The number of pyridine rings is 1. The summed E-state index contributed by atoms with van der Waals surface area (Å²) in [4.78, 5) is 22.3. The minimum atomic E-state index is -4.46. The Morgan fingerprint density at radius 1 is 1.33 bits per heavy atom. The highest BCUT2D eigenvalue weighted by Crippen LogP contribution is 2.34. The second-order valence-corrected chi connectivity index (χ2v) is 8.40. The molecular formula is C20H20F3N5OS. The number of nitrogens with one attached hydrogen (secondary N) is 1. The van der Waals surface area contributed by atoms with Crippen LogP contribution in [0.25, 0.3) is 5.82 Å². The van der Waals surface area contributed by atoms with Gasteiger partial charge < -0.3 is 0 Å². The summed E-state index contributed by atoms with van der Waals surface area (Å²) in [5.41, 5.74) is 1.01. The van der Waals surface area contributed by atoms with Crippen LogP contribution in [0.4, 0.5) is 18.3 Å². The molecule has 10 heteroatoms. The van der Waals surface area contributed by atoms with Crippen molar-refractivity contribution in [3.63, 3.8) is 0 Å². The minimum Gasteiger partial charge on any atom is -0.298 e. The zero-order valence-electron chi connectivity index (χ0n) is 16.5. The van der Waals surface area contributed by atoms with Gasteiger partial charge in [-0.15, -0.1) is 11.3 Å². The number of amides is 1. The molecule has 0 aliphatic heterocycles. The maximum absolute atomic E-state index is 12.7. The third-order valence-corrected chi connectivity index (χ3v) is 6.42. The molecule has 1 aliphatic carbocycles. The number of anilines is 1. The normalized spacial score (nSPS) is 16.4. The molecule has 0 saturated heterocycles. The Labute approximate surface area is 175 Å². The average Bonchev–Trinajstić information content (AvgIpc) is 3.29. The highest BCUT2D eigenvalue weighted by atomic mass is 32.1.